The fourth-order valence-electron chi connectivity index (χ4n) is 2.25. The maximum absolute atomic E-state index is 12.0. The summed E-state index contributed by atoms with van der Waals surface area (Å²) in [6.07, 6.45) is 4.83. The number of nitrogens with one attached hydrogen (secondary N) is 2. The number of benzene rings is 1. The quantitative estimate of drug-likeness (QED) is 0.720. The Morgan fingerprint density at radius 1 is 1.25 bits per heavy atom. The molecule has 0 spiro atoms. The summed E-state index contributed by atoms with van der Waals surface area (Å²) in [5, 5.41) is 13.1. The molecule has 0 saturated heterocycles. The fraction of sp³-hybridized carbons (Fsp3) is 0.235. The molecule has 0 aliphatic rings. The highest BCUT2D eigenvalue weighted by Crippen LogP contribution is 2.22. The second kappa shape index (κ2) is 7.27. The summed E-state index contributed by atoms with van der Waals surface area (Å²) in [5.41, 5.74) is 3.79. The zero-order valence-electron chi connectivity index (χ0n) is 13.6. The first-order valence-corrected chi connectivity index (χ1v) is 8.53. The second-order valence-electron chi connectivity index (χ2n) is 5.57. The molecule has 124 valence electrons. The van der Waals surface area contributed by atoms with Crippen molar-refractivity contribution in [2.45, 2.75) is 19.8 Å². The smallest absolute Gasteiger partial charge is 0.224 e. The Kier molecular flexibility index (Phi) is 4.90. The third-order valence-electron chi connectivity index (χ3n) is 3.44. The number of aryl methyl sites for hydroxylation is 3. The van der Waals surface area contributed by atoms with Crippen LogP contribution in [-0.2, 0) is 18.3 Å². The molecular formula is C17H19N5OS. The van der Waals surface area contributed by atoms with Crippen molar-refractivity contribution in [2.75, 3.05) is 10.6 Å². The molecule has 6 nitrogen and oxygen atoms in total. The van der Waals surface area contributed by atoms with Gasteiger partial charge in [0.05, 0.1) is 11.9 Å². The van der Waals surface area contributed by atoms with Crippen LogP contribution in [0.2, 0.25) is 0 Å². The minimum Gasteiger partial charge on any atom is -0.332 e. The SMILES string of the molecule is Cc1csc(Nc2ccc(NC(=O)CCc3cnn(C)c3)cc2)n1. The van der Waals surface area contributed by atoms with E-state index >= 15 is 0 Å². The maximum atomic E-state index is 12.0. The molecule has 0 aliphatic heterocycles. The van der Waals surface area contributed by atoms with Gasteiger partial charge in [-0.05, 0) is 43.2 Å². The number of hydrogen-bond donors (Lipinski definition) is 2. The number of anilines is 3. The van der Waals surface area contributed by atoms with Gasteiger partial charge in [0, 0.05) is 36.4 Å². The van der Waals surface area contributed by atoms with Crippen LogP contribution in [0.15, 0.2) is 42.0 Å². The van der Waals surface area contributed by atoms with E-state index in [0.717, 1.165) is 27.8 Å². The molecule has 3 aromatic rings. The third-order valence-corrected chi connectivity index (χ3v) is 4.31. The van der Waals surface area contributed by atoms with Crippen molar-refractivity contribution in [3.8, 4) is 0 Å². The molecule has 1 amide bonds. The van der Waals surface area contributed by atoms with Crippen LogP contribution in [0.3, 0.4) is 0 Å². The Labute approximate surface area is 144 Å². The van der Waals surface area contributed by atoms with Gasteiger partial charge in [-0.3, -0.25) is 9.48 Å². The van der Waals surface area contributed by atoms with E-state index in [-0.39, 0.29) is 5.91 Å². The van der Waals surface area contributed by atoms with Crippen LogP contribution in [0, 0.1) is 6.92 Å². The van der Waals surface area contributed by atoms with Gasteiger partial charge in [-0.25, -0.2) is 4.98 Å². The summed E-state index contributed by atoms with van der Waals surface area (Å²) in [5.74, 6) is -0.00453. The van der Waals surface area contributed by atoms with E-state index in [1.165, 1.54) is 0 Å². The Balaban J connectivity index is 1.50. The molecule has 24 heavy (non-hydrogen) atoms. The predicted octanol–water partition coefficient (Wildman–Crippen LogP) is 3.50. The Morgan fingerprint density at radius 2 is 2.00 bits per heavy atom. The number of thiazole rings is 1. The summed E-state index contributed by atoms with van der Waals surface area (Å²) in [6.45, 7) is 1.96. The summed E-state index contributed by atoms with van der Waals surface area (Å²) in [6, 6.07) is 7.61. The first-order chi connectivity index (χ1) is 11.6. The van der Waals surface area contributed by atoms with Crippen molar-refractivity contribution < 1.29 is 4.79 Å². The lowest BCUT2D eigenvalue weighted by Gasteiger charge is -2.07. The highest BCUT2D eigenvalue weighted by atomic mass is 32.1. The number of amides is 1. The standard InChI is InChI=1S/C17H19N5OS/c1-12-11-24-17(19-12)21-15-6-4-14(5-7-15)20-16(23)8-3-13-9-18-22(2)10-13/h4-7,9-11H,3,8H2,1-2H3,(H,19,21)(H,20,23). The molecule has 0 unspecified atom stereocenters. The van der Waals surface area contributed by atoms with Crippen LogP contribution in [0.25, 0.3) is 0 Å². The van der Waals surface area contributed by atoms with E-state index < -0.39 is 0 Å². The molecule has 2 aromatic heterocycles. The van der Waals surface area contributed by atoms with Crippen molar-refractivity contribution in [1.29, 1.82) is 0 Å². The van der Waals surface area contributed by atoms with Crippen LogP contribution in [0.4, 0.5) is 16.5 Å². The minimum absolute atomic E-state index is 0.00453. The van der Waals surface area contributed by atoms with Crippen molar-refractivity contribution in [3.63, 3.8) is 0 Å². The molecule has 1 aromatic carbocycles. The van der Waals surface area contributed by atoms with Gasteiger partial charge in [-0.1, -0.05) is 0 Å². The number of carbonyl (C=O) groups is 1. The van der Waals surface area contributed by atoms with Crippen LogP contribution < -0.4 is 10.6 Å². The summed E-state index contributed by atoms with van der Waals surface area (Å²) in [7, 11) is 1.87. The van der Waals surface area contributed by atoms with Crippen LogP contribution in [0.1, 0.15) is 17.7 Å². The predicted molar refractivity (Wildman–Crippen MR) is 96.7 cm³/mol. The van der Waals surface area contributed by atoms with Gasteiger partial charge in [0.25, 0.3) is 0 Å². The Hall–Kier alpha value is -2.67. The molecule has 2 heterocycles. The lowest BCUT2D eigenvalue weighted by atomic mass is 10.2. The monoisotopic (exact) mass is 341 g/mol. The lowest BCUT2D eigenvalue weighted by Crippen LogP contribution is -2.12. The largest absolute Gasteiger partial charge is 0.332 e. The summed E-state index contributed by atoms with van der Waals surface area (Å²) < 4.78 is 1.74. The van der Waals surface area contributed by atoms with Gasteiger partial charge in [0.2, 0.25) is 5.91 Å². The topological polar surface area (TPSA) is 71.8 Å². The molecule has 0 aliphatic carbocycles. The van der Waals surface area contributed by atoms with Gasteiger partial charge in [0.15, 0.2) is 5.13 Å². The molecule has 0 bridgehead atoms. The highest BCUT2D eigenvalue weighted by Gasteiger charge is 2.05. The van der Waals surface area contributed by atoms with Crippen molar-refractivity contribution in [3.05, 3.63) is 53.3 Å². The van der Waals surface area contributed by atoms with Crippen molar-refractivity contribution in [1.82, 2.24) is 14.8 Å². The fourth-order valence-corrected chi connectivity index (χ4v) is 2.96. The first-order valence-electron chi connectivity index (χ1n) is 7.65. The van der Waals surface area contributed by atoms with E-state index in [0.29, 0.717) is 12.8 Å². The lowest BCUT2D eigenvalue weighted by molar-refractivity contribution is -0.116. The molecule has 0 saturated carbocycles. The average molecular weight is 341 g/mol. The average Bonchev–Trinajstić information content (AvgIpc) is 3.16. The first kappa shape index (κ1) is 16.2. The van der Waals surface area contributed by atoms with Crippen LogP contribution >= 0.6 is 11.3 Å². The zero-order chi connectivity index (χ0) is 16.9. The Bertz CT molecular complexity index is 822. The van der Waals surface area contributed by atoms with E-state index in [1.807, 2.05) is 49.8 Å². The number of rotatable bonds is 6. The zero-order valence-corrected chi connectivity index (χ0v) is 14.4. The molecule has 0 atom stereocenters. The molecule has 3 rings (SSSR count). The van der Waals surface area contributed by atoms with Crippen LogP contribution in [-0.4, -0.2) is 20.7 Å². The maximum Gasteiger partial charge on any atom is 0.224 e. The van der Waals surface area contributed by atoms with Gasteiger partial charge >= 0.3 is 0 Å². The summed E-state index contributed by atoms with van der Waals surface area (Å²) >= 11 is 1.57. The second-order valence-corrected chi connectivity index (χ2v) is 6.42. The molecule has 0 radical (unpaired) electrons. The number of aromatic nitrogens is 3. The van der Waals surface area contributed by atoms with E-state index in [9.17, 15) is 4.79 Å². The molecule has 2 N–H and O–H groups in total. The molecular weight excluding hydrogens is 322 g/mol. The van der Waals surface area contributed by atoms with E-state index in [1.54, 1.807) is 22.2 Å². The summed E-state index contributed by atoms with van der Waals surface area (Å²) in [4.78, 5) is 16.4. The third kappa shape index (κ3) is 4.42. The van der Waals surface area contributed by atoms with Crippen molar-refractivity contribution >= 4 is 33.8 Å². The van der Waals surface area contributed by atoms with E-state index in [4.69, 9.17) is 0 Å². The van der Waals surface area contributed by atoms with Gasteiger partial charge in [0.1, 0.15) is 0 Å². The minimum atomic E-state index is -0.00453. The van der Waals surface area contributed by atoms with Crippen molar-refractivity contribution in [2.24, 2.45) is 7.05 Å². The van der Waals surface area contributed by atoms with Crippen LogP contribution in [0.5, 0.6) is 0 Å². The van der Waals surface area contributed by atoms with Gasteiger partial charge in [-0.2, -0.15) is 5.10 Å². The number of nitrogens with zero attached hydrogens (tertiary/aromatic N) is 3. The number of carbonyl (C=O) groups excluding carboxylic acids is 1. The highest BCUT2D eigenvalue weighted by molar-refractivity contribution is 7.13. The Morgan fingerprint density at radius 3 is 2.62 bits per heavy atom. The normalized spacial score (nSPS) is 10.6. The molecule has 7 heteroatoms. The van der Waals surface area contributed by atoms with Gasteiger partial charge < -0.3 is 10.6 Å². The molecule has 0 fully saturated rings. The van der Waals surface area contributed by atoms with E-state index in [2.05, 4.69) is 20.7 Å². The number of hydrogen-bond acceptors (Lipinski definition) is 5. The van der Waals surface area contributed by atoms with Gasteiger partial charge in [-0.15, -0.1) is 11.3 Å².